The number of nitrogens with one attached hydrogen (secondary N) is 15. The molecular weight excluding hydrogens is 1250 g/mol. The van der Waals surface area contributed by atoms with Gasteiger partial charge in [-0.05, 0) is 161 Å². The summed E-state index contributed by atoms with van der Waals surface area (Å²) >= 11 is 0. The van der Waals surface area contributed by atoms with Gasteiger partial charge in [-0.3, -0.25) is 63.6 Å². The Balaban J connectivity index is 7.09. The fourth-order valence-electron chi connectivity index (χ4n) is 9.63. The van der Waals surface area contributed by atoms with Crippen LogP contribution in [0, 0.1) is 34.5 Å². The maximum absolute atomic E-state index is 14.5. The molecule has 0 aromatic rings. The number of hydrogen-bond acceptors (Lipinski definition) is 18. The Kier molecular flexibility index (Phi) is 41.0. The second-order valence-corrected chi connectivity index (χ2v) is 27.1. The van der Waals surface area contributed by atoms with Gasteiger partial charge in [0.15, 0.2) is 11.9 Å². The van der Waals surface area contributed by atoms with Crippen LogP contribution in [0.3, 0.4) is 0 Å². The van der Waals surface area contributed by atoms with Gasteiger partial charge in [-0.2, -0.15) is 0 Å². The maximum Gasteiger partial charge on any atom is 0.326 e. The zero-order valence-corrected chi connectivity index (χ0v) is 58.7. The summed E-state index contributed by atoms with van der Waals surface area (Å²) in [5.41, 5.74) is 24.7. The first-order valence-electron chi connectivity index (χ1n) is 33.2. The smallest absolute Gasteiger partial charge is 0.326 e. The second-order valence-electron chi connectivity index (χ2n) is 27.1. The lowest BCUT2D eigenvalue weighted by atomic mass is 9.98. The van der Waals surface area contributed by atoms with Gasteiger partial charge < -0.3 is 108 Å². The van der Waals surface area contributed by atoms with Crippen LogP contribution < -0.4 is 97.8 Å². The summed E-state index contributed by atoms with van der Waals surface area (Å²) in [6.07, 6.45) is 1.90. The van der Waals surface area contributed by atoms with Crippen molar-refractivity contribution in [2.75, 3.05) is 32.8 Å². The highest BCUT2D eigenvalue weighted by Crippen LogP contribution is 2.16. The molecule has 27 N–H and O–H groups in total. The predicted molar refractivity (Wildman–Crippen MR) is 362 cm³/mol. The van der Waals surface area contributed by atoms with E-state index in [2.05, 4.69) is 69.1 Å². The van der Waals surface area contributed by atoms with E-state index >= 15 is 0 Å². The molecule has 34 nitrogen and oxygen atoms in total. The monoisotopic (exact) mass is 1370 g/mol. The Hall–Kier alpha value is -7.98. The number of aliphatic hydroxyl groups excluding tert-OH is 1. The summed E-state index contributed by atoms with van der Waals surface area (Å²) in [5.74, 6) is -11.7. The molecule has 0 aromatic heterocycles. The highest BCUT2D eigenvalue weighted by Gasteiger charge is 2.40. The molecule has 10 atom stereocenters. The summed E-state index contributed by atoms with van der Waals surface area (Å²) in [6.45, 7) is 20.9. The largest absolute Gasteiger partial charge is 0.480 e. The number of unbranched alkanes of at least 4 members (excludes halogenated alkanes) is 2. The van der Waals surface area contributed by atoms with E-state index in [0.29, 0.717) is 25.7 Å². The topological polar surface area (TPSA) is 579 Å². The number of aliphatic hydroxyl groups is 1. The van der Waals surface area contributed by atoms with Crippen molar-refractivity contribution >= 4 is 82.9 Å². The van der Waals surface area contributed by atoms with Gasteiger partial charge >= 0.3 is 5.97 Å². The third kappa shape index (κ3) is 35.7. The van der Waals surface area contributed by atoms with E-state index in [1.54, 1.807) is 55.4 Å². The number of guanidine groups is 2. The molecule has 0 radical (unpaired) electrons. The van der Waals surface area contributed by atoms with E-state index in [9.17, 15) is 67.7 Å². The molecular formula is C62H118N20O14. The van der Waals surface area contributed by atoms with Crippen molar-refractivity contribution in [1.82, 2.24) is 69.1 Å². The standard InChI is InChI=1S/C62H118N20O14/c1-33(2)28-42(52(89)77-45(56(93)94)31-36(7)8)75-50(87)40(23-19-27-71-60(68)69)73-51(88)41(21-15-17-25-64)79-57(95)61(10,11)81-54(91)44(30-35(5)6)76-49(86)38(20-14-16-24-63)72-48(85)39(22-18-26-70-59(66)67)74-53(90)43(29-34(3)4)80-58(96)62(12,13)82-55(92)46(32-83)78-47(84)37(9)65/h33-46,83H,14-32,63-65H2,1-13H3,(H,72,85)(H,73,88)(H,74,90)(H,75,87)(H,76,86)(H,77,89)(H,78,84)(H,79,95)(H,80,96)(H,81,91)(H,82,92)(H,93,94)(H4,66,67,70)(H4,68,69,71)/t37-,38-,39-,40-,41-,42-,43-,44-,45-,46-/m0/s1. The molecule has 96 heavy (non-hydrogen) atoms. The first-order chi connectivity index (χ1) is 44.6. The molecule has 0 unspecified atom stereocenters. The van der Waals surface area contributed by atoms with Gasteiger partial charge in [0.1, 0.15) is 65.5 Å². The average molecular weight is 1370 g/mol. The third-order valence-corrected chi connectivity index (χ3v) is 15.0. The second kappa shape index (κ2) is 44.7. The molecule has 0 heterocycles. The first-order valence-corrected chi connectivity index (χ1v) is 33.2. The van der Waals surface area contributed by atoms with Crippen LogP contribution in [-0.4, -0.2) is 197 Å². The van der Waals surface area contributed by atoms with Crippen LogP contribution in [0.2, 0.25) is 0 Å². The highest BCUT2D eigenvalue weighted by atomic mass is 16.4. The Morgan fingerprint density at radius 2 is 0.635 bits per heavy atom. The molecule has 11 amide bonds. The van der Waals surface area contributed by atoms with E-state index in [0.717, 1.165) is 0 Å². The van der Waals surface area contributed by atoms with Gasteiger partial charge in [0.25, 0.3) is 0 Å². The van der Waals surface area contributed by atoms with Crippen molar-refractivity contribution in [3.05, 3.63) is 0 Å². The zero-order valence-electron chi connectivity index (χ0n) is 58.7. The van der Waals surface area contributed by atoms with E-state index in [4.69, 9.17) is 39.5 Å². The van der Waals surface area contributed by atoms with Gasteiger partial charge in [0, 0.05) is 13.1 Å². The van der Waals surface area contributed by atoms with Crippen LogP contribution in [0.25, 0.3) is 0 Å². The van der Waals surface area contributed by atoms with Gasteiger partial charge in [-0.1, -0.05) is 55.4 Å². The number of carboxylic acid groups (broad SMARTS) is 1. The number of aliphatic carboxylic acids is 1. The fraction of sp³-hybridized carbons (Fsp3) is 0.774. The number of carboxylic acids is 1. The molecule has 0 bridgehead atoms. The highest BCUT2D eigenvalue weighted by molar-refractivity contribution is 6.00. The van der Waals surface area contributed by atoms with Crippen LogP contribution in [0.5, 0.6) is 0 Å². The van der Waals surface area contributed by atoms with Crippen molar-refractivity contribution in [2.45, 2.75) is 251 Å². The van der Waals surface area contributed by atoms with E-state index < -0.39 is 149 Å². The summed E-state index contributed by atoms with van der Waals surface area (Å²) in [6, 6.07) is -13.0. The van der Waals surface area contributed by atoms with Crippen LogP contribution in [0.15, 0.2) is 0 Å². The first kappa shape index (κ1) is 88.0. The van der Waals surface area contributed by atoms with Crippen molar-refractivity contribution in [3.63, 3.8) is 0 Å². The predicted octanol–water partition coefficient (Wildman–Crippen LogP) is -3.47. The maximum atomic E-state index is 14.5. The van der Waals surface area contributed by atoms with Crippen LogP contribution in [0.4, 0.5) is 0 Å². The van der Waals surface area contributed by atoms with Crippen LogP contribution >= 0.6 is 0 Å². The fourth-order valence-corrected chi connectivity index (χ4v) is 9.63. The van der Waals surface area contributed by atoms with Gasteiger partial charge in [0.05, 0.1) is 12.6 Å². The number of carbonyl (C=O) groups is 12. The minimum Gasteiger partial charge on any atom is -0.480 e. The Morgan fingerprint density at radius 1 is 0.375 bits per heavy atom. The molecule has 0 aliphatic rings. The Bertz CT molecular complexity index is 2570. The molecule has 0 aliphatic carbocycles. The number of carbonyl (C=O) groups excluding carboxylic acids is 11. The van der Waals surface area contributed by atoms with Crippen molar-refractivity contribution < 1.29 is 67.7 Å². The van der Waals surface area contributed by atoms with E-state index in [1.807, 2.05) is 0 Å². The van der Waals surface area contributed by atoms with Crippen molar-refractivity contribution in [1.29, 1.82) is 10.8 Å². The summed E-state index contributed by atoms with van der Waals surface area (Å²) in [7, 11) is 0. The van der Waals surface area contributed by atoms with Gasteiger partial charge in [-0.15, -0.1) is 0 Å². The molecule has 0 aliphatic heterocycles. The Morgan fingerprint density at radius 3 is 0.948 bits per heavy atom. The number of hydrogen-bond donors (Lipinski definition) is 22. The normalized spacial score (nSPS) is 14.7. The molecule has 0 saturated heterocycles. The van der Waals surface area contributed by atoms with E-state index in [1.165, 1.54) is 34.6 Å². The molecule has 0 fully saturated rings. The van der Waals surface area contributed by atoms with Crippen molar-refractivity contribution in [3.8, 4) is 0 Å². The number of nitrogens with two attached hydrogens (primary N) is 5. The zero-order chi connectivity index (χ0) is 73.8. The molecule has 0 aromatic carbocycles. The minimum atomic E-state index is -1.81. The van der Waals surface area contributed by atoms with Crippen LogP contribution in [-0.2, 0) is 57.5 Å². The lowest BCUT2D eigenvalue weighted by Crippen LogP contribution is -2.64. The average Bonchev–Trinajstić information content (AvgIpc) is 0.851. The molecule has 0 saturated carbocycles. The lowest BCUT2D eigenvalue weighted by molar-refractivity contribution is -0.143. The molecule has 550 valence electrons. The number of rotatable bonds is 48. The quantitative estimate of drug-likeness (QED) is 0.0160. The summed E-state index contributed by atoms with van der Waals surface area (Å²) in [5, 5.41) is 69.0. The minimum absolute atomic E-state index is 0.00487. The molecule has 0 spiro atoms. The SMILES string of the molecule is CC(C)C[C@H](NC(=O)[C@H](CC(C)C)NC(=O)[C@H](CCCNC(=N)N)NC(=O)[C@H](CCCCN)NC(=O)C(C)(C)NC(=O)[C@H](CC(C)C)NC(=O)[C@H](CCCCN)NC(=O)[C@H](CCCNC(=N)N)NC(=O)[C@H](CC(C)C)NC(=O)C(C)(C)NC(=O)[C@H](CO)NC(=O)[C@H](C)N)C(=O)O. The molecule has 34 heteroatoms. The van der Waals surface area contributed by atoms with Gasteiger partial charge in [-0.25, -0.2) is 4.79 Å². The lowest BCUT2D eigenvalue weighted by Gasteiger charge is -2.32. The summed E-state index contributed by atoms with van der Waals surface area (Å²) < 4.78 is 0. The van der Waals surface area contributed by atoms with Crippen molar-refractivity contribution in [2.24, 2.45) is 52.3 Å². The van der Waals surface area contributed by atoms with Crippen LogP contribution in [0.1, 0.15) is 180 Å². The third-order valence-electron chi connectivity index (χ3n) is 15.0. The van der Waals surface area contributed by atoms with E-state index in [-0.39, 0.29) is 126 Å². The number of amides is 11. The Labute approximate surface area is 565 Å². The van der Waals surface area contributed by atoms with Gasteiger partial charge in [0.2, 0.25) is 65.0 Å². The summed E-state index contributed by atoms with van der Waals surface area (Å²) in [4.78, 5) is 166. The molecule has 0 rings (SSSR count).